The van der Waals surface area contributed by atoms with E-state index >= 15 is 0 Å². The van der Waals surface area contributed by atoms with Crippen LogP contribution in [0.1, 0.15) is 28.0 Å². The van der Waals surface area contributed by atoms with E-state index in [-0.39, 0.29) is 20.0 Å². The molecule has 1 aliphatic rings. The number of thioether (sulfide) groups is 1. The summed E-state index contributed by atoms with van der Waals surface area (Å²) in [7, 11) is 1.34. The van der Waals surface area contributed by atoms with Crippen LogP contribution < -0.4 is 19.7 Å². The molecular formula is C43H33N5O6S4. The summed E-state index contributed by atoms with van der Waals surface area (Å²) in [5.74, 6) is -2.08. The van der Waals surface area contributed by atoms with Gasteiger partial charge in [0.25, 0.3) is 11.5 Å². The van der Waals surface area contributed by atoms with Gasteiger partial charge in [0.2, 0.25) is 0 Å². The number of fused-ring (bicyclic) bond motifs is 1. The first-order chi connectivity index (χ1) is 28.1. The van der Waals surface area contributed by atoms with Crippen molar-refractivity contribution in [1.29, 1.82) is 0 Å². The summed E-state index contributed by atoms with van der Waals surface area (Å²) >= 11 is 8.90. The lowest BCUT2D eigenvalue weighted by molar-refractivity contribution is -0.137. The third kappa shape index (κ3) is 7.06. The fraction of sp³-hybridized carbons (Fsp3) is 0.116. The molecule has 15 heteroatoms. The Hall–Kier alpha value is -6.13. The zero-order valence-corrected chi connectivity index (χ0v) is 34.5. The Morgan fingerprint density at radius 1 is 0.879 bits per heavy atom. The van der Waals surface area contributed by atoms with E-state index in [9.17, 15) is 24.3 Å². The van der Waals surface area contributed by atoms with Gasteiger partial charge in [0.1, 0.15) is 26.1 Å². The van der Waals surface area contributed by atoms with E-state index in [0.29, 0.717) is 27.9 Å². The maximum atomic E-state index is 13.6. The number of nitrogens with zero attached hydrogens (tertiary/aromatic N) is 5. The number of thiazole rings is 1. The number of carboxylic acids is 1. The number of carbonyl (C=O) groups is 3. The lowest BCUT2D eigenvalue weighted by Gasteiger charge is -2.25. The molecule has 8 rings (SSSR count). The van der Waals surface area contributed by atoms with Crippen LogP contribution >= 0.6 is 46.7 Å². The number of carbonyl (C=O) groups excluding carboxylic acids is 2. The maximum Gasteiger partial charge on any atom is 0.357 e. The number of aromatic nitrogens is 3. The number of aliphatic carboxylic acids is 1. The number of aryl methyl sites for hydroxylation is 1. The molecule has 7 aromatic rings. The highest BCUT2D eigenvalue weighted by atomic mass is 32.2. The van der Waals surface area contributed by atoms with Crippen LogP contribution in [0.15, 0.2) is 114 Å². The SMILES string of the molecule is CCN1C(=O)/C(=c2/s/c(=C\c3ccc(-c4ccc(-c5ccc(N(c6ccccc6)c6ccccc6)cc5)n5c(C(=O)OC)c(C)nc45)s3)c(=O)n2CC(=O)O)SC1=S. The van der Waals surface area contributed by atoms with Crippen molar-refractivity contribution in [2.75, 3.05) is 18.6 Å². The molecular weight excluding hydrogens is 811 g/mol. The number of amides is 1. The highest BCUT2D eigenvalue weighted by molar-refractivity contribution is 8.30. The molecule has 0 unspecified atom stereocenters. The summed E-state index contributed by atoms with van der Waals surface area (Å²) in [6.07, 6.45) is 1.70. The van der Waals surface area contributed by atoms with Crippen LogP contribution in [-0.2, 0) is 20.9 Å². The zero-order valence-electron chi connectivity index (χ0n) is 31.2. The van der Waals surface area contributed by atoms with Crippen LogP contribution in [-0.4, -0.2) is 59.8 Å². The maximum absolute atomic E-state index is 13.6. The van der Waals surface area contributed by atoms with E-state index < -0.39 is 24.0 Å². The van der Waals surface area contributed by atoms with E-state index in [1.807, 2.05) is 89.3 Å². The number of hydrogen-bond donors (Lipinski definition) is 1. The molecule has 1 aliphatic heterocycles. The molecule has 0 spiro atoms. The number of thiocarbonyl (C=S) groups is 1. The Labute approximate surface area is 349 Å². The molecule has 0 atom stereocenters. The Balaban J connectivity index is 1.21. The summed E-state index contributed by atoms with van der Waals surface area (Å²) < 4.78 is 9.07. The Bertz CT molecular complexity index is 2910. The molecule has 0 aliphatic carbocycles. The minimum atomic E-state index is -1.21. The molecule has 0 saturated carbocycles. The first-order valence-electron chi connectivity index (χ1n) is 18.0. The number of esters is 1. The molecule has 4 aromatic heterocycles. The molecule has 0 radical (unpaired) electrons. The monoisotopic (exact) mass is 843 g/mol. The standard InChI is InChI=1S/C43H33N5O6S4/c1-4-45-40(52)37(58-43(45)55)41-46(24-35(49)50)39(51)34(57-41)23-30-19-22-33(56-30)31-20-21-32(48-36(42(53)54-3)25(2)44-38(31)48)26-15-17-29(18-16-26)47(27-11-7-5-8-12-27)28-13-9-6-10-14-28/h5-23H,4,24H2,1-3H3,(H,49,50)/b34-23-,41-37-. The van der Waals surface area contributed by atoms with Crippen LogP contribution in [0.2, 0.25) is 0 Å². The fourth-order valence-corrected chi connectivity index (χ4v) is 10.5. The van der Waals surface area contributed by atoms with Crippen molar-refractivity contribution < 1.29 is 24.2 Å². The van der Waals surface area contributed by atoms with Gasteiger partial charge in [0.15, 0.2) is 5.69 Å². The molecule has 1 saturated heterocycles. The topological polar surface area (TPSA) is 126 Å². The number of imidazole rings is 1. The lowest BCUT2D eigenvalue weighted by atomic mass is 10.1. The number of rotatable bonds is 10. The number of benzene rings is 3. The molecule has 1 amide bonds. The van der Waals surface area contributed by atoms with Crippen molar-refractivity contribution in [2.45, 2.75) is 20.4 Å². The van der Waals surface area contributed by atoms with Crippen LogP contribution in [0.5, 0.6) is 0 Å². The Kier molecular flexibility index (Phi) is 10.7. The van der Waals surface area contributed by atoms with Crippen LogP contribution in [0.3, 0.4) is 0 Å². The quantitative estimate of drug-likeness (QED) is 0.110. The second-order valence-electron chi connectivity index (χ2n) is 13.0. The largest absolute Gasteiger partial charge is 0.480 e. The third-order valence-electron chi connectivity index (χ3n) is 9.50. The highest BCUT2D eigenvalue weighted by Crippen LogP contribution is 2.38. The van der Waals surface area contributed by atoms with Crippen LogP contribution in [0.4, 0.5) is 17.1 Å². The third-order valence-corrected chi connectivity index (χ3v) is 13.3. The Morgan fingerprint density at radius 2 is 1.53 bits per heavy atom. The minimum absolute atomic E-state index is 0.236. The summed E-state index contributed by atoms with van der Waals surface area (Å²) in [6.45, 7) is 3.33. The number of para-hydroxylation sites is 2. The zero-order chi connectivity index (χ0) is 40.7. The van der Waals surface area contributed by atoms with Crippen molar-refractivity contribution in [3.8, 4) is 21.7 Å². The molecule has 11 nitrogen and oxygen atoms in total. The molecule has 0 bridgehead atoms. The van der Waals surface area contributed by atoms with Gasteiger partial charge < -0.3 is 14.7 Å². The van der Waals surface area contributed by atoms with Crippen molar-refractivity contribution in [3.05, 3.63) is 145 Å². The number of pyridine rings is 1. The molecule has 58 heavy (non-hydrogen) atoms. The molecule has 5 heterocycles. The summed E-state index contributed by atoms with van der Waals surface area (Å²) in [4.78, 5) is 62.2. The van der Waals surface area contributed by atoms with Crippen molar-refractivity contribution in [1.82, 2.24) is 18.9 Å². The van der Waals surface area contributed by atoms with Crippen LogP contribution in [0, 0.1) is 6.92 Å². The second kappa shape index (κ2) is 16.0. The molecule has 290 valence electrons. The predicted molar refractivity (Wildman–Crippen MR) is 235 cm³/mol. The van der Waals surface area contributed by atoms with Gasteiger partial charge in [-0.1, -0.05) is 72.5 Å². The van der Waals surface area contributed by atoms with Gasteiger partial charge in [-0.15, -0.1) is 22.7 Å². The van der Waals surface area contributed by atoms with Gasteiger partial charge in [-0.05, 0) is 86.2 Å². The fourth-order valence-electron chi connectivity index (χ4n) is 6.86. The normalized spacial score (nSPS) is 14.1. The number of anilines is 3. The first kappa shape index (κ1) is 38.7. The van der Waals surface area contributed by atoms with Crippen LogP contribution in [0.25, 0.3) is 38.3 Å². The summed E-state index contributed by atoms with van der Waals surface area (Å²) in [5.41, 5.74) is 6.18. The number of methoxy groups -OCH3 is 1. The molecule has 1 fully saturated rings. The first-order valence-corrected chi connectivity index (χ1v) is 20.9. The van der Waals surface area contributed by atoms with E-state index in [0.717, 1.165) is 71.3 Å². The van der Waals surface area contributed by atoms with Crippen molar-refractivity contribution >= 4 is 103 Å². The van der Waals surface area contributed by atoms with Gasteiger partial charge in [-0.3, -0.25) is 28.3 Å². The lowest BCUT2D eigenvalue weighted by Crippen LogP contribution is -2.35. The van der Waals surface area contributed by atoms with E-state index in [1.54, 1.807) is 19.9 Å². The van der Waals surface area contributed by atoms with Gasteiger partial charge in [-0.25, -0.2) is 9.78 Å². The second-order valence-corrected chi connectivity index (χ2v) is 16.8. The van der Waals surface area contributed by atoms with Gasteiger partial charge >= 0.3 is 11.9 Å². The van der Waals surface area contributed by atoms with Gasteiger partial charge in [0, 0.05) is 38.9 Å². The van der Waals surface area contributed by atoms with E-state index in [1.165, 1.54) is 23.3 Å². The van der Waals surface area contributed by atoms with E-state index in [4.69, 9.17) is 21.9 Å². The smallest absolute Gasteiger partial charge is 0.357 e. The number of hydrogen-bond acceptors (Lipinski definition) is 11. The minimum Gasteiger partial charge on any atom is -0.480 e. The molecule has 1 N–H and O–H groups in total. The highest BCUT2D eigenvalue weighted by Gasteiger charge is 2.33. The summed E-state index contributed by atoms with van der Waals surface area (Å²) in [6, 6.07) is 36.1. The van der Waals surface area contributed by atoms with Gasteiger partial charge in [0.05, 0.1) is 23.0 Å². The van der Waals surface area contributed by atoms with E-state index in [2.05, 4.69) is 29.2 Å². The predicted octanol–water partition coefficient (Wildman–Crippen LogP) is 7.42. The summed E-state index contributed by atoms with van der Waals surface area (Å²) in [5, 5.41) is 9.63. The number of carboxylic acid groups (broad SMARTS) is 1. The van der Waals surface area contributed by atoms with Crippen molar-refractivity contribution in [3.63, 3.8) is 0 Å². The average Bonchev–Trinajstić information content (AvgIpc) is 3.99. The van der Waals surface area contributed by atoms with Crippen molar-refractivity contribution in [2.24, 2.45) is 0 Å². The van der Waals surface area contributed by atoms with Gasteiger partial charge in [-0.2, -0.15) is 0 Å². The average molecular weight is 844 g/mol. The number of ether oxygens (including phenoxy) is 1. The molecule has 3 aromatic carbocycles. The Morgan fingerprint density at radius 3 is 2.14 bits per heavy atom. The number of thiophene rings is 1.